The van der Waals surface area contributed by atoms with Crippen molar-refractivity contribution in [1.82, 2.24) is 14.0 Å². The molecule has 3 aromatic heterocycles. The summed E-state index contributed by atoms with van der Waals surface area (Å²) >= 11 is 0. The summed E-state index contributed by atoms with van der Waals surface area (Å²) in [5.41, 5.74) is -0.0585. The molecule has 4 aromatic rings. The molecule has 0 aliphatic heterocycles. The highest BCUT2D eigenvalue weighted by atomic mass is 19.1. The lowest BCUT2D eigenvalue weighted by molar-refractivity contribution is 0.0523. The van der Waals surface area contributed by atoms with E-state index in [2.05, 4.69) is 9.98 Å². The second kappa shape index (κ2) is 9.15. The van der Waals surface area contributed by atoms with Crippen LogP contribution >= 0.6 is 0 Å². The fourth-order valence-corrected chi connectivity index (χ4v) is 3.58. The normalized spacial score (nSPS) is 11.8. The molecule has 3 heterocycles. The van der Waals surface area contributed by atoms with Crippen molar-refractivity contribution in [2.24, 2.45) is 4.99 Å². The van der Waals surface area contributed by atoms with Crippen molar-refractivity contribution in [2.45, 2.75) is 26.8 Å². The fourth-order valence-electron chi connectivity index (χ4n) is 3.58. The highest BCUT2D eigenvalue weighted by molar-refractivity contribution is 5.97. The van der Waals surface area contributed by atoms with Gasteiger partial charge in [0.25, 0.3) is 11.5 Å². The molecule has 4 rings (SSSR count). The van der Waals surface area contributed by atoms with E-state index in [-0.39, 0.29) is 39.8 Å². The maximum Gasteiger partial charge on any atom is 0.341 e. The van der Waals surface area contributed by atoms with Crippen molar-refractivity contribution in [3.63, 3.8) is 0 Å². The Morgan fingerprint density at radius 1 is 1.09 bits per heavy atom. The van der Waals surface area contributed by atoms with E-state index >= 15 is 0 Å². The molecule has 1 aromatic carbocycles. The topological polar surface area (TPSA) is 95.0 Å². The van der Waals surface area contributed by atoms with Gasteiger partial charge >= 0.3 is 5.97 Å². The van der Waals surface area contributed by atoms with Crippen molar-refractivity contribution in [2.75, 3.05) is 6.61 Å². The van der Waals surface area contributed by atoms with Gasteiger partial charge in [-0.3, -0.25) is 14.0 Å². The number of carbonyl (C=O) groups is 2. The van der Waals surface area contributed by atoms with Crippen LogP contribution in [0.3, 0.4) is 0 Å². The van der Waals surface area contributed by atoms with E-state index in [0.717, 1.165) is 6.07 Å². The van der Waals surface area contributed by atoms with Crippen LogP contribution in [-0.4, -0.2) is 32.4 Å². The SMILES string of the molecule is CCCn1c(=NC(=O)c2ccccc2F)c(C(=O)OCC)cc2c(=O)n3ccccc3nc21. The van der Waals surface area contributed by atoms with E-state index in [9.17, 15) is 18.8 Å². The summed E-state index contributed by atoms with van der Waals surface area (Å²) in [6.07, 6.45) is 2.18. The second-order valence-electron chi connectivity index (χ2n) is 7.23. The number of carbonyl (C=O) groups excluding carboxylic acids is 2. The van der Waals surface area contributed by atoms with Gasteiger partial charge in [-0.25, -0.2) is 14.2 Å². The van der Waals surface area contributed by atoms with Gasteiger partial charge in [-0.1, -0.05) is 25.1 Å². The van der Waals surface area contributed by atoms with Crippen molar-refractivity contribution >= 4 is 28.6 Å². The summed E-state index contributed by atoms with van der Waals surface area (Å²) in [4.78, 5) is 47.6. The van der Waals surface area contributed by atoms with E-state index < -0.39 is 17.7 Å². The number of rotatable bonds is 5. The molecule has 0 aliphatic carbocycles. The minimum Gasteiger partial charge on any atom is -0.462 e. The number of hydrogen-bond donors (Lipinski definition) is 0. The van der Waals surface area contributed by atoms with Crippen LogP contribution in [0.2, 0.25) is 0 Å². The zero-order valence-corrected chi connectivity index (χ0v) is 18.1. The molecule has 0 bridgehead atoms. The molecule has 0 aliphatic rings. The van der Waals surface area contributed by atoms with Crippen LogP contribution in [-0.2, 0) is 11.3 Å². The number of hydrogen-bond acceptors (Lipinski definition) is 5. The quantitative estimate of drug-likeness (QED) is 0.345. The Labute approximate surface area is 187 Å². The maximum absolute atomic E-state index is 14.2. The number of halogens is 1. The predicted molar refractivity (Wildman–Crippen MR) is 119 cm³/mol. The fraction of sp³-hybridized carbons (Fsp3) is 0.208. The Balaban J connectivity index is 2.13. The minimum absolute atomic E-state index is 0.0387. The number of aryl methyl sites for hydroxylation is 1. The predicted octanol–water partition coefficient (Wildman–Crippen LogP) is 3.12. The van der Waals surface area contributed by atoms with Crippen LogP contribution < -0.4 is 11.0 Å². The summed E-state index contributed by atoms with van der Waals surface area (Å²) in [5, 5.41) is 0.174. The third-order valence-corrected chi connectivity index (χ3v) is 5.04. The molecule has 0 fully saturated rings. The number of ether oxygens (including phenoxy) is 1. The molecule has 0 N–H and O–H groups in total. The molecule has 168 valence electrons. The monoisotopic (exact) mass is 448 g/mol. The molecule has 33 heavy (non-hydrogen) atoms. The van der Waals surface area contributed by atoms with Crippen LogP contribution in [0.4, 0.5) is 4.39 Å². The first-order valence-corrected chi connectivity index (χ1v) is 10.5. The Morgan fingerprint density at radius 2 is 1.85 bits per heavy atom. The zero-order valence-electron chi connectivity index (χ0n) is 18.1. The largest absolute Gasteiger partial charge is 0.462 e. The van der Waals surface area contributed by atoms with Gasteiger partial charge in [0.15, 0.2) is 5.49 Å². The lowest BCUT2D eigenvalue weighted by Gasteiger charge is -2.14. The van der Waals surface area contributed by atoms with Gasteiger partial charge in [0.05, 0.1) is 17.6 Å². The van der Waals surface area contributed by atoms with Crippen molar-refractivity contribution in [1.29, 1.82) is 0 Å². The van der Waals surface area contributed by atoms with Crippen molar-refractivity contribution < 1.29 is 18.7 Å². The van der Waals surface area contributed by atoms with Gasteiger partial charge in [0.1, 0.15) is 22.7 Å². The molecule has 0 saturated heterocycles. The molecule has 0 atom stereocenters. The summed E-state index contributed by atoms with van der Waals surface area (Å²) in [6.45, 7) is 3.93. The first-order valence-electron chi connectivity index (χ1n) is 10.5. The van der Waals surface area contributed by atoms with E-state index in [4.69, 9.17) is 4.74 Å². The molecule has 0 radical (unpaired) electrons. The van der Waals surface area contributed by atoms with E-state index in [1.165, 1.54) is 33.2 Å². The Morgan fingerprint density at radius 3 is 2.58 bits per heavy atom. The lowest BCUT2D eigenvalue weighted by atomic mass is 10.2. The van der Waals surface area contributed by atoms with E-state index in [1.807, 2.05) is 6.92 Å². The molecule has 9 heteroatoms. The van der Waals surface area contributed by atoms with Crippen molar-refractivity contribution in [3.05, 3.63) is 87.5 Å². The molecule has 8 nitrogen and oxygen atoms in total. The Hall–Kier alpha value is -4.14. The summed E-state index contributed by atoms with van der Waals surface area (Å²) in [5.74, 6) is -2.34. The highest BCUT2D eigenvalue weighted by Gasteiger charge is 2.20. The summed E-state index contributed by atoms with van der Waals surface area (Å²) < 4.78 is 22.3. The average molecular weight is 448 g/mol. The number of benzene rings is 1. The molecule has 1 amide bonds. The minimum atomic E-state index is -0.861. The van der Waals surface area contributed by atoms with Gasteiger partial charge in [-0.2, -0.15) is 4.99 Å². The van der Waals surface area contributed by atoms with E-state index in [1.54, 1.807) is 31.3 Å². The number of esters is 1. The number of nitrogens with zero attached hydrogens (tertiary/aromatic N) is 4. The van der Waals surface area contributed by atoms with Crippen LogP contribution in [0.5, 0.6) is 0 Å². The van der Waals surface area contributed by atoms with Gasteiger partial charge in [0.2, 0.25) is 0 Å². The molecular weight excluding hydrogens is 427 g/mol. The zero-order chi connectivity index (χ0) is 23.5. The van der Waals surface area contributed by atoms with Gasteiger partial charge in [-0.15, -0.1) is 0 Å². The summed E-state index contributed by atoms with van der Waals surface area (Å²) in [7, 11) is 0. The van der Waals surface area contributed by atoms with Crippen LogP contribution in [0.15, 0.2) is 64.5 Å². The number of fused-ring (bicyclic) bond motifs is 2. The summed E-state index contributed by atoms with van der Waals surface area (Å²) in [6, 6.07) is 11.9. The highest BCUT2D eigenvalue weighted by Crippen LogP contribution is 2.13. The van der Waals surface area contributed by atoms with Crippen LogP contribution in [0, 0.1) is 5.82 Å². The average Bonchev–Trinajstić information content (AvgIpc) is 2.81. The van der Waals surface area contributed by atoms with Gasteiger partial charge in [0, 0.05) is 12.7 Å². The first-order chi connectivity index (χ1) is 16.0. The van der Waals surface area contributed by atoms with Crippen LogP contribution in [0.25, 0.3) is 16.7 Å². The second-order valence-corrected chi connectivity index (χ2v) is 7.23. The number of pyridine rings is 2. The maximum atomic E-state index is 14.2. The van der Waals surface area contributed by atoms with Gasteiger partial charge in [-0.05, 0) is 43.7 Å². The Kier molecular flexibility index (Phi) is 6.12. The van der Waals surface area contributed by atoms with Gasteiger partial charge < -0.3 is 9.30 Å². The molecule has 0 saturated carbocycles. The molecule has 0 spiro atoms. The molecular formula is C24H21FN4O4. The first kappa shape index (κ1) is 22.1. The lowest BCUT2D eigenvalue weighted by Crippen LogP contribution is -2.32. The molecule has 0 unspecified atom stereocenters. The van der Waals surface area contributed by atoms with Crippen molar-refractivity contribution in [3.8, 4) is 0 Å². The third-order valence-electron chi connectivity index (χ3n) is 5.04. The number of aromatic nitrogens is 3. The third kappa shape index (κ3) is 4.05. The standard InChI is InChI=1S/C24H21FN4O4/c1-3-12-29-20-16(23(31)28-13-8-7-11-19(28)26-20)14-17(24(32)33-4-2)21(29)27-22(30)15-9-5-6-10-18(15)25/h5-11,13-14H,3-4,12H2,1-2H3. The number of amides is 1. The van der Waals surface area contributed by atoms with E-state index in [0.29, 0.717) is 18.6 Å². The van der Waals surface area contributed by atoms with Crippen LogP contribution in [0.1, 0.15) is 41.0 Å². The smallest absolute Gasteiger partial charge is 0.341 e. The Bertz CT molecular complexity index is 1520.